The van der Waals surface area contributed by atoms with Crippen LogP contribution in [0.5, 0.6) is 0 Å². The first-order valence-electron chi connectivity index (χ1n) is 18.5. The number of alkyl carbamates (subject to hydrolysis) is 1. The highest BCUT2D eigenvalue weighted by Crippen LogP contribution is 2.23. The first-order valence-corrected chi connectivity index (χ1v) is 18.5. The second-order valence-corrected chi connectivity index (χ2v) is 13.0. The Labute approximate surface area is 304 Å². The molecule has 0 saturated heterocycles. The highest BCUT2D eigenvalue weighted by atomic mass is 16.7. The SMILES string of the molecule is CCCCCCC(=O)CCCCCCCC[C@@H](O)[C@@](COCOCc1ccccc1)(NC(=O)OCc1ccccc1)C(=O)OCc1ccccc1. The summed E-state index contributed by atoms with van der Waals surface area (Å²) in [6, 6.07) is 28.0. The van der Waals surface area contributed by atoms with Crippen molar-refractivity contribution in [1.82, 2.24) is 5.32 Å². The number of nitrogens with one attached hydrogen (secondary N) is 1. The molecule has 0 aliphatic rings. The summed E-state index contributed by atoms with van der Waals surface area (Å²) < 4.78 is 22.7. The number of unbranched alkanes of at least 4 members (excludes halogenated alkanes) is 8. The van der Waals surface area contributed by atoms with E-state index >= 15 is 0 Å². The van der Waals surface area contributed by atoms with E-state index in [0.29, 0.717) is 25.0 Å². The number of hydrogen-bond acceptors (Lipinski definition) is 8. The van der Waals surface area contributed by atoms with Gasteiger partial charge in [-0.15, -0.1) is 0 Å². The normalized spacial score (nSPS) is 12.8. The molecular weight excluding hydrogens is 646 g/mol. The van der Waals surface area contributed by atoms with E-state index in [-0.39, 0.29) is 33.0 Å². The molecule has 0 spiro atoms. The molecule has 0 saturated carbocycles. The lowest BCUT2D eigenvalue weighted by atomic mass is 9.89. The first-order chi connectivity index (χ1) is 24.9. The quantitative estimate of drug-likeness (QED) is 0.0460. The van der Waals surface area contributed by atoms with Crippen LogP contribution in [-0.2, 0) is 48.4 Å². The molecule has 2 N–H and O–H groups in total. The summed E-state index contributed by atoms with van der Waals surface area (Å²) in [6.45, 7) is 1.79. The third-order valence-electron chi connectivity index (χ3n) is 8.78. The van der Waals surface area contributed by atoms with Crippen LogP contribution in [0.3, 0.4) is 0 Å². The largest absolute Gasteiger partial charge is 0.459 e. The van der Waals surface area contributed by atoms with Gasteiger partial charge in [-0.1, -0.05) is 149 Å². The molecule has 0 heterocycles. The van der Waals surface area contributed by atoms with Gasteiger partial charge in [0.1, 0.15) is 25.8 Å². The number of benzene rings is 3. The molecule has 2 atom stereocenters. The number of ether oxygens (including phenoxy) is 4. The van der Waals surface area contributed by atoms with Gasteiger partial charge in [-0.3, -0.25) is 4.79 Å². The van der Waals surface area contributed by atoms with Gasteiger partial charge < -0.3 is 29.4 Å². The standard InChI is InChI=1S/C42H57NO8/c1-2-3-4-18-27-38(44)28-19-7-5-6-8-20-29-39(45)42(40(46)50-31-36-23-14-10-15-24-36,33-49-34-48-30-35-21-12-9-13-22-35)43-41(47)51-32-37-25-16-11-17-26-37/h9-17,21-26,39,45H,2-8,18-20,27-34H2,1H3,(H,43,47)/t39-,42-/m1/s1. The number of amides is 1. The number of ketones is 1. The molecule has 3 aromatic rings. The minimum atomic E-state index is -1.96. The molecular formula is C42H57NO8. The average Bonchev–Trinajstić information content (AvgIpc) is 3.16. The van der Waals surface area contributed by atoms with Gasteiger partial charge in [0.2, 0.25) is 0 Å². The van der Waals surface area contributed by atoms with Gasteiger partial charge in [0.05, 0.1) is 19.3 Å². The van der Waals surface area contributed by atoms with Crippen LogP contribution in [0.25, 0.3) is 0 Å². The summed E-state index contributed by atoms with van der Waals surface area (Å²) in [6.07, 6.45) is 8.97. The summed E-state index contributed by atoms with van der Waals surface area (Å²) >= 11 is 0. The van der Waals surface area contributed by atoms with E-state index in [9.17, 15) is 19.5 Å². The molecule has 0 aliphatic heterocycles. The smallest absolute Gasteiger partial charge is 0.408 e. The van der Waals surface area contributed by atoms with Crippen molar-refractivity contribution in [2.45, 2.75) is 122 Å². The van der Waals surface area contributed by atoms with Crippen molar-refractivity contribution in [2.24, 2.45) is 0 Å². The Morgan fingerprint density at radius 3 is 1.69 bits per heavy atom. The van der Waals surface area contributed by atoms with E-state index in [1.165, 1.54) is 12.8 Å². The van der Waals surface area contributed by atoms with E-state index in [4.69, 9.17) is 18.9 Å². The molecule has 1 amide bonds. The Kier molecular flexibility index (Phi) is 20.3. The van der Waals surface area contributed by atoms with E-state index < -0.39 is 30.3 Å². The molecule has 51 heavy (non-hydrogen) atoms. The van der Waals surface area contributed by atoms with Crippen LogP contribution in [0.15, 0.2) is 91.0 Å². The highest BCUT2D eigenvalue weighted by molar-refractivity contribution is 5.87. The lowest BCUT2D eigenvalue weighted by molar-refractivity contribution is -0.167. The molecule has 278 valence electrons. The molecule has 0 fully saturated rings. The fourth-order valence-electron chi connectivity index (χ4n) is 5.74. The summed E-state index contributed by atoms with van der Waals surface area (Å²) in [5.74, 6) is -0.481. The topological polar surface area (TPSA) is 120 Å². The number of carbonyl (C=O) groups is 3. The molecule has 0 bridgehead atoms. The maximum absolute atomic E-state index is 13.9. The van der Waals surface area contributed by atoms with Crippen LogP contribution in [0.2, 0.25) is 0 Å². The number of aliphatic hydroxyl groups is 1. The molecule has 9 nitrogen and oxygen atoms in total. The van der Waals surface area contributed by atoms with Crippen molar-refractivity contribution in [3.63, 3.8) is 0 Å². The Bertz CT molecular complexity index is 1370. The number of esters is 1. The van der Waals surface area contributed by atoms with Gasteiger partial charge in [-0.25, -0.2) is 9.59 Å². The summed E-state index contributed by atoms with van der Waals surface area (Å²) in [7, 11) is 0. The minimum absolute atomic E-state index is 0.0244. The van der Waals surface area contributed by atoms with Gasteiger partial charge in [0, 0.05) is 12.8 Å². The van der Waals surface area contributed by atoms with E-state index in [1.807, 2.05) is 91.0 Å². The highest BCUT2D eigenvalue weighted by Gasteiger charge is 2.49. The van der Waals surface area contributed by atoms with Crippen molar-refractivity contribution in [3.8, 4) is 0 Å². The van der Waals surface area contributed by atoms with Crippen LogP contribution in [0.1, 0.15) is 107 Å². The second-order valence-electron chi connectivity index (χ2n) is 13.0. The summed E-state index contributed by atoms with van der Waals surface area (Å²) in [5, 5.41) is 14.3. The number of aliphatic hydroxyl groups excluding tert-OH is 1. The van der Waals surface area contributed by atoms with Gasteiger partial charge in [-0.2, -0.15) is 0 Å². The third kappa shape index (κ3) is 16.7. The van der Waals surface area contributed by atoms with E-state index in [1.54, 1.807) is 0 Å². The van der Waals surface area contributed by atoms with Crippen molar-refractivity contribution in [2.75, 3.05) is 13.4 Å². The Balaban J connectivity index is 1.61. The molecule has 0 aliphatic carbocycles. The maximum atomic E-state index is 13.9. The predicted octanol–water partition coefficient (Wildman–Crippen LogP) is 8.61. The lowest BCUT2D eigenvalue weighted by Crippen LogP contribution is -2.65. The predicted molar refractivity (Wildman–Crippen MR) is 197 cm³/mol. The Morgan fingerprint density at radius 2 is 1.12 bits per heavy atom. The number of carbonyl (C=O) groups excluding carboxylic acids is 3. The fourth-order valence-corrected chi connectivity index (χ4v) is 5.74. The van der Waals surface area contributed by atoms with Crippen molar-refractivity contribution >= 4 is 17.8 Å². The fraction of sp³-hybridized carbons (Fsp3) is 0.500. The Hall–Kier alpha value is -4.05. The van der Waals surface area contributed by atoms with Crippen molar-refractivity contribution in [3.05, 3.63) is 108 Å². The maximum Gasteiger partial charge on any atom is 0.408 e. The van der Waals surface area contributed by atoms with Crippen molar-refractivity contribution < 1.29 is 38.4 Å². The molecule has 0 radical (unpaired) electrons. The number of rotatable bonds is 27. The second kappa shape index (κ2) is 25.0. The zero-order chi connectivity index (χ0) is 36.4. The van der Waals surface area contributed by atoms with Gasteiger partial charge in [0.15, 0.2) is 5.54 Å². The molecule has 9 heteroatoms. The average molecular weight is 704 g/mol. The molecule has 3 aromatic carbocycles. The van der Waals surface area contributed by atoms with E-state index in [0.717, 1.165) is 61.6 Å². The number of hydrogen-bond donors (Lipinski definition) is 2. The lowest BCUT2D eigenvalue weighted by Gasteiger charge is -2.36. The number of Topliss-reactive ketones (excluding diaryl/α,β-unsaturated/α-hetero) is 1. The van der Waals surface area contributed by atoms with E-state index in [2.05, 4.69) is 12.2 Å². The van der Waals surface area contributed by atoms with Gasteiger partial charge in [0.25, 0.3) is 0 Å². The van der Waals surface area contributed by atoms with Crippen LogP contribution >= 0.6 is 0 Å². The van der Waals surface area contributed by atoms with Crippen molar-refractivity contribution in [1.29, 1.82) is 0 Å². The van der Waals surface area contributed by atoms with Gasteiger partial charge in [-0.05, 0) is 36.0 Å². The molecule has 0 unspecified atom stereocenters. The molecule has 3 rings (SSSR count). The monoisotopic (exact) mass is 703 g/mol. The molecule has 0 aromatic heterocycles. The third-order valence-corrected chi connectivity index (χ3v) is 8.78. The summed E-state index contributed by atoms with van der Waals surface area (Å²) in [4.78, 5) is 39.3. The zero-order valence-electron chi connectivity index (χ0n) is 30.3. The van der Waals surface area contributed by atoms with Gasteiger partial charge >= 0.3 is 12.1 Å². The van der Waals surface area contributed by atoms with Crippen LogP contribution in [0.4, 0.5) is 4.79 Å². The summed E-state index contributed by atoms with van der Waals surface area (Å²) in [5.41, 5.74) is 0.515. The minimum Gasteiger partial charge on any atom is -0.459 e. The first kappa shape index (κ1) is 41.4. The van der Waals surface area contributed by atoms with Crippen LogP contribution < -0.4 is 5.32 Å². The van der Waals surface area contributed by atoms with Crippen LogP contribution in [0, 0.1) is 0 Å². The van der Waals surface area contributed by atoms with Crippen LogP contribution in [-0.4, -0.2) is 48.0 Å². The zero-order valence-corrected chi connectivity index (χ0v) is 30.3. The Morgan fingerprint density at radius 1 is 0.627 bits per heavy atom.